The van der Waals surface area contributed by atoms with E-state index in [0.29, 0.717) is 6.54 Å². The molecule has 1 saturated carbocycles. The molecule has 2 N–H and O–H groups in total. The van der Waals surface area contributed by atoms with Crippen LogP contribution in [0.2, 0.25) is 0 Å². The van der Waals surface area contributed by atoms with E-state index in [0.717, 1.165) is 37.8 Å². The van der Waals surface area contributed by atoms with Crippen molar-refractivity contribution < 1.29 is 17.9 Å². The van der Waals surface area contributed by atoms with Gasteiger partial charge in [0.1, 0.15) is 6.10 Å². The highest BCUT2D eigenvalue weighted by Crippen LogP contribution is 2.30. The van der Waals surface area contributed by atoms with Crippen molar-refractivity contribution in [3.63, 3.8) is 0 Å². The van der Waals surface area contributed by atoms with Gasteiger partial charge in [-0.1, -0.05) is 6.42 Å². The molecule has 0 radical (unpaired) electrons. The van der Waals surface area contributed by atoms with Crippen molar-refractivity contribution in [1.29, 1.82) is 0 Å². The maximum Gasteiger partial charge on any atom is 0.203 e. The Morgan fingerprint density at radius 2 is 1.83 bits per heavy atom. The van der Waals surface area contributed by atoms with Crippen molar-refractivity contribution in [2.75, 3.05) is 6.54 Å². The van der Waals surface area contributed by atoms with Crippen LogP contribution in [-0.4, -0.2) is 12.6 Å². The molecule has 1 aromatic carbocycles. The molecule has 0 amide bonds. The summed E-state index contributed by atoms with van der Waals surface area (Å²) < 4.78 is 44.8. The lowest BCUT2D eigenvalue weighted by Crippen LogP contribution is -2.35. The minimum absolute atomic E-state index is 0.145. The average Bonchev–Trinajstić information content (AvgIpc) is 2.40. The molecule has 0 aliphatic heterocycles. The highest BCUT2D eigenvalue weighted by Gasteiger charge is 2.27. The van der Waals surface area contributed by atoms with Gasteiger partial charge in [-0.25, -0.2) is 8.78 Å². The summed E-state index contributed by atoms with van der Waals surface area (Å²) in [5.74, 6) is -4.06. The first-order valence-corrected chi connectivity index (χ1v) is 6.13. The molecule has 2 nitrogen and oxygen atoms in total. The summed E-state index contributed by atoms with van der Waals surface area (Å²) in [5.41, 5.74) is 5.63. The molecule has 1 aliphatic carbocycles. The smallest absolute Gasteiger partial charge is 0.203 e. The number of halogens is 3. The summed E-state index contributed by atoms with van der Waals surface area (Å²) in [6.07, 6.45) is 3.52. The van der Waals surface area contributed by atoms with Crippen LogP contribution in [0.4, 0.5) is 13.2 Å². The van der Waals surface area contributed by atoms with E-state index in [1.165, 1.54) is 0 Å². The van der Waals surface area contributed by atoms with Crippen LogP contribution < -0.4 is 10.5 Å². The van der Waals surface area contributed by atoms with Crippen LogP contribution in [0.15, 0.2) is 12.1 Å². The molecule has 0 heterocycles. The van der Waals surface area contributed by atoms with Crippen LogP contribution in [0.1, 0.15) is 25.7 Å². The van der Waals surface area contributed by atoms with Crippen LogP contribution in [-0.2, 0) is 0 Å². The number of benzene rings is 1. The lowest BCUT2D eigenvalue weighted by Gasteiger charge is -2.31. The van der Waals surface area contributed by atoms with E-state index in [1.54, 1.807) is 0 Å². The second-order valence-corrected chi connectivity index (χ2v) is 4.61. The number of nitrogens with two attached hydrogens (primary N) is 1. The zero-order chi connectivity index (χ0) is 13.1. The van der Waals surface area contributed by atoms with Gasteiger partial charge >= 0.3 is 0 Å². The van der Waals surface area contributed by atoms with Gasteiger partial charge in [-0.2, -0.15) is 4.39 Å². The third kappa shape index (κ3) is 2.61. The van der Waals surface area contributed by atoms with Gasteiger partial charge in [0, 0.05) is 5.92 Å². The van der Waals surface area contributed by atoms with Crippen LogP contribution in [0.3, 0.4) is 0 Å². The fourth-order valence-electron chi connectivity index (χ4n) is 2.36. The molecule has 1 fully saturated rings. The summed E-state index contributed by atoms with van der Waals surface area (Å²) in [4.78, 5) is 0. The zero-order valence-corrected chi connectivity index (χ0v) is 9.96. The lowest BCUT2D eigenvalue weighted by atomic mass is 9.86. The van der Waals surface area contributed by atoms with Crippen LogP contribution in [0.5, 0.6) is 5.75 Å². The molecular weight excluding hydrogens is 243 g/mol. The van der Waals surface area contributed by atoms with Gasteiger partial charge < -0.3 is 10.5 Å². The minimum Gasteiger partial charge on any atom is -0.487 e. The molecule has 1 aliphatic rings. The standard InChI is InChI=1S/C13H16F3NO/c14-9-5-6-11(13(16)12(9)15)18-10-4-2-1-3-8(10)7-17/h5-6,8,10H,1-4,7,17H2. The summed E-state index contributed by atoms with van der Waals surface area (Å²) in [7, 11) is 0. The van der Waals surface area contributed by atoms with Gasteiger partial charge in [-0.05, 0) is 37.9 Å². The summed E-state index contributed by atoms with van der Waals surface area (Å²) >= 11 is 0. The van der Waals surface area contributed by atoms with Crippen molar-refractivity contribution in [1.82, 2.24) is 0 Å². The molecule has 2 atom stereocenters. The molecule has 18 heavy (non-hydrogen) atoms. The van der Waals surface area contributed by atoms with E-state index in [2.05, 4.69) is 0 Å². The third-order valence-corrected chi connectivity index (χ3v) is 3.42. The Kier molecular flexibility index (Phi) is 4.11. The van der Waals surface area contributed by atoms with E-state index in [1.807, 2.05) is 0 Å². The summed E-state index contributed by atoms with van der Waals surface area (Å²) in [6.45, 7) is 0.454. The van der Waals surface area contributed by atoms with Crippen LogP contribution >= 0.6 is 0 Å². The van der Waals surface area contributed by atoms with E-state index in [-0.39, 0.29) is 17.8 Å². The minimum atomic E-state index is -1.49. The Morgan fingerprint density at radius 3 is 2.56 bits per heavy atom. The number of hydrogen-bond acceptors (Lipinski definition) is 2. The van der Waals surface area contributed by atoms with E-state index in [4.69, 9.17) is 10.5 Å². The Balaban J connectivity index is 2.15. The molecule has 0 spiro atoms. The maximum atomic E-state index is 13.5. The molecule has 0 aromatic heterocycles. The molecule has 100 valence electrons. The van der Waals surface area contributed by atoms with Crippen molar-refractivity contribution >= 4 is 0 Å². The molecule has 2 unspecified atom stereocenters. The van der Waals surface area contributed by atoms with Crippen molar-refractivity contribution in [2.24, 2.45) is 11.7 Å². The lowest BCUT2D eigenvalue weighted by molar-refractivity contribution is 0.0915. The quantitative estimate of drug-likeness (QED) is 0.847. The Morgan fingerprint density at radius 1 is 1.11 bits per heavy atom. The predicted octanol–water partition coefficient (Wildman–Crippen LogP) is 3.00. The first kappa shape index (κ1) is 13.2. The summed E-state index contributed by atoms with van der Waals surface area (Å²) in [6, 6.07) is 1.99. The second-order valence-electron chi connectivity index (χ2n) is 4.61. The fraction of sp³-hybridized carbons (Fsp3) is 0.538. The Bertz CT molecular complexity index is 425. The van der Waals surface area contributed by atoms with Crippen molar-refractivity contribution in [2.45, 2.75) is 31.8 Å². The molecule has 2 rings (SSSR count). The monoisotopic (exact) mass is 259 g/mol. The molecule has 5 heteroatoms. The number of hydrogen-bond donors (Lipinski definition) is 1. The molecule has 0 bridgehead atoms. The molecule has 0 saturated heterocycles. The van der Waals surface area contributed by atoms with Crippen molar-refractivity contribution in [3.8, 4) is 5.75 Å². The predicted molar refractivity (Wildman–Crippen MR) is 61.7 cm³/mol. The highest BCUT2D eigenvalue weighted by atomic mass is 19.2. The Labute approximate surface area is 104 Å². The second kappa shape index (κ2) is 5.61. The zero-order valence-electron chi connectivity index (χ0n) is 9.96. The summed E-state index contributed by atoms with van der Waals surface area (Å²) in [5, 5.41) is 0. The largest absolute Gasteiger partial charge is 0.487 e. The number of ether oxygens (including phenoxy) is 1. The first-order valence-electron chi connectivity index (χ1n) is 6.13. The number of rotatable bonds is 3. The third-order valence-electron chi connectivity index (χ3n) is 3.42. The Hall–Kier alpha value is -1.23. The highest BCUT2D eigenvalue weighted by molar-refractivity contribution is 5.26. The van der Waals surface area contributed by atoms with Crippen molar-refractivity contribution in [3.05, 3.63) is 29.6 Å². The SMILES string of the molecule is NCC1CCCCC1Oc1ccc(F)c(F)c1F. The molecular formula is C13H16F3NO. The fourth-order valence-corrected chi connectivity index (χ4v) is 2.36. The van der Waals surface area contributed by atoms with Gasteiger partial charge in [0.15, 0.2) is 17.4 Å². The van der Waals surface area contributed by atoms with Crippen LogP contribution in [0, 0.1) is 23.4 Å². The van der Waals surface area contributed by atoms with Crippen LogP contribution in [0.25, 0.3) is 0 Å². The molecule has 1 aromatic rings. The van der Waals surface area contributed by atoms with Gasteiger partial charge in [-0.3, -0.25) is 0 Å². The van der Waals surface area contributed by atoms with Gasteiger partial charge in [0.2, 0.25) is 5.82 Å². The van der Waals surface area contributed by atoms with Gasteiger partial charge in [-0.15, -0.1) is 0 Å². The van der Waals surface area contributed by atoms with E-state index in [9.17, 15) is 13.2 Å². The first-order chi connectivity index (χ1) is 8.63. The van der Waals surface area contributed by atoms with Gasteiger partial charge in [0.25, 0.3) is 0 Å². The normalized spacial score (nSPS) is 24.0. The maximum absolute atomic E-state index is 13.5. The van der Waals surface area contributed by atoms with E-state index < -0.39 is 17.5 Å². The van der Waals surface area contributed by atoms with E-state index >= 15 is 0 Å². The topological polar surface area (TPSA) is 35.2 Å². The van der Waals surface area contributed by atoms with Gasteiger partial charge in [0.05, 0.1) is 0 Å². The average molecular weight is 259 g/mol.